The summed E-state index contributed by atoms with van der Waals surface area (Å²) < 4.78 is 26.3. The van der Waals surface area contributed by atoms with Crippen molar-refractivity contribution in [2.75, 3.05) is 0 Å². The Kier molecular flexibility index (Phi) is 7.63. The van der Waals surface area contributed by atoms with E-state index in [9.17, 15) is 14.4 Å². The van der Waals surface area contributed by atoms with Gasteiger partial charge in [-0.3, -0.25) is 4.79 Å². The van der Waals surface area contributed by atoms with Gasteiger partial charge in [0.2, 0.25) is 9.75 Å². The third-order valence-corrected chi connectivity index (χ3v) is 5.61. The molecule has 0 fully saturated rings. The first kappa shape index (κ1) is 24.7. The number of carbonyl (C=O) groups excluding carboxylic acids is 3. The molecule has 2 unspecified atom stereocenters. The van der Waals surface area contributed by atoms with Crippen LogP contribution < -0.4 is 0 Å². The quantitative estimate of drug-likeness (QED) is 0.260. The average molecular weight is 509 g/mol. The lowest BCUT2D eigenvalue weighted by molar-refractivity contribution is -0.164. The molecule has 2 rings (SSSR count). The number of benzene rings is 2. The molecular formula is C27H32Cl2O5. The van der Waals surface area contributed by atoms with Crippen molar-refractivity contribution in [1.29, 1.82) is 0 Å². The summed E-state index contributed by atoms with van der Waals surface area (Å²) in [6.45, 7) is 5.52. The summed E-state index contributed by atoms with van der Waals surface area (Å²) in [7, 11) is 0. The molecule has 2 aromatic carbocycles. The van der Waals surface area contributed by atoms with E-state index >= 15 is 0 Å². The highest BCUT2D eigenvalue weighted by atomic mass is 35.5. The number of ketones is 1. The normalized spacial score (nSPS) is 16.3. The fourth-order valence-corrected chi connectivity index (χ4v) is 3.98. The van der Waals surface area contributed by atoms with Crippen LogP contribution >= 0.6 is 23.2 Å². The maximum absolute atomic E-state index is 14.2. The monoisotopic (exact) mass is 508 g/mol. The Morgan fingerprint density at radius 1 is 0.706 bits per heavy atom. The summed E-state index contributed by atoms with van der Waals surface area (Å²) >= 11 is 13.6. The second-order valence-electron chi connectivity index (χ2n) is 9.55. The molecule has 0 aromatic heterocycles. The molecule has 0 heterocycles. The van der Waals surface area contributed by atoms with Gasteiger partial charge < -0.3 is 9.47 Å². The maximum Gasteiger partial charge on any atom is 0.335 e. The van der Waals surface area contributed by atoms with Gasteiger partial charge in [-0.05, 0) is 52.6 Å². The van der Waals surface area contributed by atoms with Gasteiger partial charge in [0, 0.05) is 15.6 Å². The molecule has 0 radical (unpaired) electrons. The Labute approximate surface area is 214 Å². The van der Waals surface area contributed by atoms with Gasteiger partial charge in [-0.15, -0.1) is 0 Å². The number of ether oxygens (including phenoxy) is 2. The van der Waals surface area contributed by atoms with Crippen molar-refractivity contribution in [3.05, 3.63) is 71.8 Å². The number of rotatable bonds is 8. The highest BCUT2D eigenvalue weighted by molar-refractivity contribution is 6.56. The first-order valence-electron chi connectivity index (χ1n) is 12.2. The van der Waals surface area contributed by atoms with Crippen molar-refractivity contribution in [2.24, 2.45) is 0 Å². The molecule has 2 aromatic rings. The standard InChI is InChI=1S/C27H32Cl2O5/c1-24(2,3)33-22(31)26(28,17-19-13-9-7-10-14-19)21(30)27(29,23(32)34-25(4,5)6)18-20-15-11-8-12-16-20/h7-16H,17-18H2,1-6H3/i1D,4D. The summed E-state index contributed by atoms with van der Waals surface area (Å²) in [5.74, 6) is -3.32. The first-order valence-corrected chi connectivity index (χ1v) is 11.5. The third kappa shape index (κ3) is 7.31. The van der Waals surface area contributed by atoms with E-state index in [1.165, 1.54) is 27.7 Å². The predicted molar refractivity (Wildman–Crippen MR) is 134 cm³/mol. The van der Waals surface area contributed by atoms with E-state index in [1.54, 1.807) is 60.7 Å². The highest BCUT2D eigenvalue weighted by Crippen LogP contribution is 2.37. The third-order valence-electron chi connectivity index (χ3n) is 4.69. The topological polar surface area (TPSA) is 69.7 Å². The van der Waals surface area contributed by atoms with Gasteiger partial charge in [0.05, 0.1) is 0 Å². The molecule has 2 atom stereocenters. The summed E-state index contributed by atoms with van der Waals surface area (Å²) in [5, 5.41) is 0. The molecule has 184 valence electrons. The number of esters is 2. The van der Waals surface area contributed by atoms with Gasteiger partial charge >= 0.3 is 11.9 Å². The number of halogens is 2. The van der Waals surface area contributed by atoms with Gasteiger partial charge in [-0.1, -0.05) is 83.9 Å². The second-order valence-corrected chi connectivity index (χ2v) is 10.8. The smallest absolute Gasteiger partial charge is 0.335 e. The molecule has 0 amide bonds. The van der Waals surface area contributed by atoms with Crippen molar-refractivity contribution < 1.29 is 26.6 Å². The van der Waals surface area contributed by atoms with Gasteiger partial charge in [0.1, 0.15) is 11.2 Å². The summed E-state index contributed by atoms with van der Waals surface area (Å²) in [5.41, 5.74) is -1.40. The lowest BCUT2D eigenvalue weighted by Crippen LogP contribution is -2.59. The van der Waals surface area contributed by atoms with E-state index in [1.807, 2.05) is 0 Å². The molecule has 0 N–H and O–H groups in total. The number of hydrogen-bond acceptors (Lipinski definition) is 5. The summed E-state index contributed by atoms with van der Waals surface area (Å²) in [4.78, 5) is 36.3. The first-order chi connectivity index (χ1) is 16.7. The van der Waals surface area contributed by atoms with Crippen LogP contribution in [0.25, 0.3) is 0 Å². The van der Waals surface area contributed by atoms with Crippen LogP contribution in [0.1, 0.15) is 55.4 Å². The molecule has 0 spiro atoms. The minimum absolute atomic E-state index is 0.277. The average Bonchev–Trinajstić information content (AvgIpc) is 2.84. The lowest BCUT2D eigenvalue weighted by atomic mass is 9.83. The van der Waals surface area contributed by atoms with Gasteiger partial charge in [-0.25, -0.2) is 9.59 Å². The molecule has 0 saturated carbocycles. The van der Waals surface area contributed by atoms with E-state index in [-0.39, 0.29) is 26.6 Å². The predicted octanol–water partition coefficient (Wildman–Crippen LogP) is 5.68. The molecular weight excluding hydrogens is 475 g/mol. The van der Waals surface area contributed by atoms with Crippen LogP contribution in [0.4, 0.5) is 0 Å². The Morgan fingerprint density at radius 2 is 1.03 bits per heavy atom. The van der Waals surface area contributed by atoms with Crippen LogP contribution in [0.5, 0.6) is 0 Å². The van der Waals surface area contributed by atoms with E-state index in [2.05, 4.69) is 0 Å². The Balaban J connectivity index is 2.63. The van der Waals surface area contributed by atoms with Crippen LogP contribution in [0.15, 0.2) is 60.7 Å². The van der Waals surface area contributed by atoms with Crippen molar-refractivity contribution in [1.82, 2.24) is 0 Å². The lowest BCUT2D eigenvalue weighted by Gasteiger charge is -2.35. The summed E-state index contributed by atoms with van der Waals surface area (Å²) in [6, 6.07) is 17.2. The fraction of sp³-hybridized carbons (Fsp3) is 0.444. The molecule has 0 aliphatic carbocycles. The number of alkyl halides is 2. The zero-order valence-electron chi connectivity index (χ0n) is 21.9. The minimum Gasteiger partial charge on any atom is -0.458 e. The van der Waals surface area contributed by atoms with Crippen molar-refractivity contribution in [3.8, 4) is 0 Å². The van der Waals surface area contributed by atoms with Gasteiger partial charge in [0.25, 0.3) is 0 Å². The largest absolute Gasteiger partial charge is 0.458 e. The van der Waals surface area contributed by atoms with E-state index in [4.69, 9.17) is 35.4 Å². The fourth-order valence-electron chi connectivity index (χ4n) is 3.22. The Morgan fingerprint density at radius 3 is 1.32 bits per heavy atom. The van der Waals surface area contributed by atoms with Crippen molar-refractivity contribution >= 4 is 40.9 Å². The molecule has 0 saturated heterocycles. The molecule has 7 heteroatoms. The van der Waals surface area contributed by atoms with Gasteiger partial charge in [-0.2, -0.15) is 0 Å². The molecule has 5 nitrogen and oxygen atoms in total. The van der Waals surface area contributed by atoms with Crippen molar-refractivity contribution in [3.63, 3.8) is 0 Å². The van der Waals surface area contributed by atoms with E-state index < -0.39 is 38.7 Å². The number of Topliss-reactive ketones (excluding diaryl/α,β-unsaturated/α-hetero) is 1. The van der Waals surface area contributed by atoms with Crippen LogP contribution in [0.3, 0.4) is 0 Å². The van der Waals surface area contributed by atoms with Gasteiger partial charge in [0.15, 0.2) is 5.78 Å². The molecule has 0 bridgehead atoms. The number of carbonyl (C=O) groups is 3. The number of hydrogen-bond donors (Lipinski definition) is 0. The van der Waals surface area contributed by atoms with Crippen LogP contribution in [-0.4, -0.2) is 38.7 Å². The van der Waals surface area contributed by atoms with Crippen LogP contribution in [0, 0.1) is 0 Å². The van der Waals surface area contributed by atoms with Crippen molar-refractivity contribution in [2.45, 2.75) is 75.3 Å². The highest BCUT2D eigenvalue weighted by Gasteiger charge is 2.59. The van der Waals surface area contributed by atoms with Crippen LogP contribution in [-0.2, 0) is 36.7 Å². The van der Waals surface area contributed by atoms with E-state index in [0.717, 1.165) is 0 Å². The maximum atomic E-state index is 14.2. The molecule has 0 aliphatic heterocycles. The zero-order chi connectivity index (χ0) is 27.2. The zero-order valence-corrected chi connectivity index (χ0v) is 21.4. The molecule has 34 heavy (non-hydrogen) atoms. The minimum atomic E-state index is -2.39. The van der Waals surface area contributed by atoms with Crippen LogP contribution in [0.2, 0.25) is 0 Å². The SMILES string of the molecule is [2H]CC(C)(C)OC(=O)C(Cl)(Cc1ccccc1)C(=O)C(Cl)(Cc1ccccc1)C(=O)OC(C)(C)C[2H]. The Bertz CT molecular complexity index is 979. The second kappa shape index (κ2) is 10.5. The summed E-state index contributed by atoms with van der Waals surface area (Å²) in [6.07, 6.45) is -0.612. The van der Waals surface area contributed by atoms with E-state index in [0.29, 0.717) is 11.1 Å². The molecule has 0 aliphatic rings. The Hall–Kier alpha value is -2.37.